The van der Waals surface area contributed by atoms with Gasteiger partial charge in [0.05, 0.1) is 30.4 Å². The van der Waals surface area contributed by atoms with E-state index in [0.717, 1.165) is 5.56 Å². The van der Waals surface area contributed by atoms with E-state index in [1.54, 1.807) is 54.9 Å². The zero-order valence-electron chi connectivity index (χ0n) is 15.8. The molecule has 4 rings (SSSR count). The summed E-state index contributed by atoms with van der Waals surface area (Å²) in [5.41, 5.74) is 2.77. The minimum Gasteiger partial charge on any atom is -0.491 e. The number of pyridine rings is 1. The summed E-state index contributed by atoms with van der Waals surface area (Å²) in [6.07, 6.45) is 3.70. The molecule has 9 heteroatoms. The molecule has 0 aliphatic carbocycles. The molecule has 3 aromatic heterocycles. The van der Waals surface area contributed by atoms with Crippen LogP contribution in [0.25, 0.3) is 16.9 Å². The molecule has 0 bridgehead atoms. The molecule has 30 heavy (non-hydrogen) atoms. The van der Waals surface area contributed by atoms with Crippen molar-refractivity contribution in [3.8, 4) is 17.0 Å². The van der Waals surface area contributed by atoms with Crippen molar-refractivity contribution in [3.05, 3.63) is 72.8 Å². The standard InChI is InChI=1S/C21H19N5O4/c27-12-16(28)13-30-17-5-1-3-14(9-17)18-6-7-20-23-11-19(26(20)25-18)21(29)24-15-4-2-8-22-10-15/h1-11,16,27-28H,12-13H2,(H,24,29)/t16-/m1/s1. The Morgan fingerprint density at radius 1 is 1.17 bits per heavy atom. The van der Waals surface area contributed by atoms with Crippen LogP contribution >= 0.6 is 0 Å². The average molecular weight is 405 g/mol. The Bertz CT molecular complexity index is 1160. The monoisotopic (exact) mass is 405 g/mol. The number of imidazole rings is 1. The molecule has 0 fully saturated rings. The molecule has 3 heterocycles. The number of fused-ring (bicyclic) bond motifs is 1. The predicted octanol–water partition coefficient (Wildman–Crippen LogP) is 1.78. The van der Waals surface area contributed by atoms with Crippen LogP contribution in [0.1, 0.15) is 10.5 Å². The molecule has 0 unspecified atom stereocenters. The average Bonchev–Trinajstić information content (AvgIpc) is 3.22. The number of aliphatic hydroxyl groups excluding tert-OH is 2. The highest BCUT2D eigenvalue weighted by molar-refractivity contribution is 6.03. The number of aliphatic hydroxyl groups is 2. The molecule has 0 saturated carbocycles. The van der Waals surface area contributed by atoms with Gasteiger partial charge in [0.2, 0.25) is 0 Å². The van der Waals surface area contributed by atoms with E-state index in [1.165, 1.54) is 10.7 Å². The lowest BCUT2D eigenvalue weighted by atomic mass is 10.1. The third-order valence-electron chi connectivity index (χ3n) is 4.30. The number of ether oxygens (including phenoxy) is 1. The Kier molecular flexibility index (Phi) is 5.64. The van der Waals surface area contributed by atoms with Crippen molar-refractivity contribution in [2.45, 2.75) is 6.10 Å². The molecule has 0 aliphatic rings. The predicted molar refractivity (Wildman–Crippen MR) is 109 cm³/mol. The molecular weight excluding hydrogens is 386 g/mol. The number of amides is 1. The van der Waals surface area contributed by atoms with Crippen molar-refractivity contribution in [2.24, 2.45) is 0 Å². The number of hydrogen-bond donors (Lipinski definition) is 3. The zero-order valence-corrected chi connectivity index (χ0v) is 15.8. The molecule has 0 saturated heterocycles. The van der Waals surface area contributed by atoms with Gasteiger partial charge < -0.3 is 20.3 Å². The van der Waals surface area contributed by atoms with Crippen LogP contribution in [0.2, 0.25) is 0 Å². The van der Waals surface area contributed by atoms with E-state index in [-0.39, 0.29) is 24.8 Å². The lowest BCUT2D eigenvalue weighted by molar-refractivity contribution is 0.0536. The summed E-state index contributed by atoms with van der Waals surface area (Å²) in [7, 11) is 0. The van der Waals surface area contributed by atoms with E-state index >= 15 is 0 Å². The minimum absolute atomic E-state index is 0.0212. The second kappa shape index (κ2) is 8.68. The number of anilines is 1. The van der Waals surface area contributed by atoms with E-state index in [1.807, 2.05) is 6.07 Å². The van der Waals surface area contributed by atoms with Crippen molar-refractivity contribution < 1.29 is 19.7 Å². The molecule has 0 radical (unpaired) electrons. The van der Waals surface area contributed by atoms with Gasteiger partial charge in [-0.1, -0.05) is 12.1 Å². The molecule has 3 N–H and O–H groups in total. The summed E-state index contributed by atoms with van der Waals surface area (Å²) in [5.74, 6) is 0.178. The maximum Gasteiger partial charge on any atom is 0.276 e. The number of aromatic nitrogens is 4. The van der Waals surface area contributed by atoms with Crippen molar-refractivity contribution in [2.75, 3.05) is 18.5 Å². The van der Waals surface area contributed by atoms with Gasteiger partial charge >= 0.3 is 0 Å². The van der Waals surface area contributed by atoms with Crippen LogP contribution in [0.4, 0.5) is 5.69 Å². The molecule has 0 aliphatic heterocycles. The van der Waals surface area contributed by atoms with E-state index in [0.29, 0.717) is 22.8 Å². The molecule has 9 nitrogen and oxygen atoms in total. The maximum atomic E-state index is 12.7. The molecule has 4 aromatic rings. The smallest absolute Gasteiger partial charge is 0.276 e. The summed E-state index contributed by atoms with van der Waals surface area (Å²) in [4.78, 5) is 20.9. The van der Waals surface area contributed by atoms with Crippen LogP contribution in [0.15, 0.2) is 67.1 Å². The number of benzene rings is 1. The Morgan fingerprint density at radius 3 is 2.87 bits per heavy atom. The minimum atomic E-state index is -0.949. The molecular formula is C21H19N5O4. The van der Waals surface area contributed by atoms with Crippen LogP contribution in [0, 0.1) is 0 Å². The SMILES string of the molecule is O=C(Nc1cccnc1)c1cnc2ccc(-c3cccc(OC[C@H](O)CO)c3)nn12. The van der Waals surface area contributed by atoms with Crippen LogP contribution in [0.3, 0.4) is 0 Å². The Labute approximate surface area is 171 Å². The second-order valence-electron chi connectivity index (χ2n) is 6.50. The van der Waals surface area contributed by atoms with Gasteiger partial charge in [-0.05, 0) is 36.4 Å². The number of nitrogens with one attached hydrogen (secondary N) is 1. The fourth-order valence-electron chi connectivity index (χ4n) is 2.80. The highest BCUT2D eigenvalue weighted by Crippen LogP contribution is 2.23. The quantitative estimate of drug-likeness (QED) is 0.428. The Hall–Kier alpha value is -3.82. The zero-order chi connectivity index (χ0) is 20.9. The van der Waals surface area contributed by atoms with E-state index in [2.05, 4.69) is 20.4 Å². The van der Waals surface area contributed by atoms with Gasteiger partial charge in [-0.25, -0.2) is 9.50 Å². The Balaban J connectivity index is 1.60. The number of carbonyl (C=O) groups excluding carboxylic acids is 1. The van der Waals surface area contributed by atoms with E-state index < -0.39 is 6.10 Å². The van der Waals surface area contributed by atoms with Crippen molar-refractivity contribution in [1.82, 2.24) is 19.6 Å². The van der Waals surface area contributed by atoms with E-state index in [9.17, 15) is 9.90 Å². The number of carbonyl (C=O) groups is 1. The largest absolute Gasteiger partial charge is 0.491 e. The third kappa shape index (κ3) is 4.27. The first-order valence-electron chi connectivity index (χ1n) is 9.22. The van der Waals surface area contributed by atoms with Crippen LogP contribution < -0.4 is 10.1 Å². The van der Waals surface area contributed by atoms with Gasteiger partial charge in [0.15, 0.2) is 11.3 Å². The molecule has 1 aromatic carbocycles. The molecule has 1 amide bonds. The first kappa shape index (κ1) is 19.5. The topological polar surface area (TPSA) is 122 Å². The summed E-state index contributed by atoms with van der Waals surface area (Å²) < 4.78 is 6.97. The first-order valence-corrected chi connectivity index (χ1v) is 9.22. The van der Waals surface area contributed by atoms with Crippen LogP contribution in [0.5, 0.6) is 5.75 Å². The molecule has 1 atom stereocenters. The fraction of sp³-hybridized carbons (Fsp3) is 0.143. The number of hydrogen-bond acceptors (Lipinski definition) is 7. The summed E-state index contributed by atoms with van der Waals surface area (Å²) in [6.45, 7) is -0.394. The highest BCUT2D eigenvalue weighted by Gasteiger charge is 2.15. The maximum absolute atomic E-state index is 12.7. The van der Waals surface area contributed by atoms with Gasteiger partial charge in [0.25, 0.3) is 5.91 Å². The first-order chi connectivity index (χ1) is 14.6. The summed E-state index contributed by atoms with van der Waals surface area (Å²) in [6, 6.07) is 14.2. The lowest BCUT2D eigenvalue weighted by Gasteiger charge is -2.11. The fourth-order valence-corrected chi connectivity index (χ4v) is 2.80. The van der Waals surface area contributed by atoms with Crippen LogP contribution in [-0.4, -0.2) is 55.0 Å². The normalized spacial score (nSPS) is 11.9. The summed E-state index contributed by atoms with van der Waals surface area (Å²) >= 11 is 0. The number of nitrogens with zero attached hydrogens (tertiary/aromatic N) is 4. The second-order valence-corrected chi connectivity index (χ2v) is 6.50. The Morgan fingerprint density at radius 2 is 2.07 bits per heavy atom. The molecule has 0 spiro atoms. The summed E-state index contributed by atoms with van der Waals surface area (Å²) in [5, 5.41) is 25.7. The van der Waals surface area contributed by atoms with Gasteiger partial charge in [-0.15, -0.1) is 0 Å². The van der Waals surface area contributed by atoms with Crippen molar-refractivity contribution in [3.63, 3.8) is 0 Å². The van der Waals surface area contributed by atoms with Gasteiger partial charge in [-0.3, -0.25) is 9.78 Å². The van der Waals surface area contributed by atoms with Gasteiger partial charge in [-0.2, -0.15) is 5.10 Å². The molecule has 152 valence electrons. The van der Waals surface area contributed by atoms with E-state index in [4.69, 9.17) is 9.84 Å². The van der Waals surface area contributed by atoms with Gasteiger partial charge in [0, 0.05) is 11.8 Å². The lowest BCUT2D eigenvalue weighted by Crippen LogP contribution is -2.21. The van der Waals surface area contributed by atoms with Gasteiger partial charge in [0.1, 0.15) is 18.5 Å². The highest BCUT2D eigenvalue weighted by atomic mass is 16.5. The number of rotatable bonds is 7. The van der Waals surface area contributed by atoms with Crippen LogP contribution in [-0.2, 0) is 0 Å². The van der Waals surface area contributed by atoms with Crippen molar-refractivity contribution in [1.29, 1.82) is 0 Å². The van der Waals surface area contributed by atoms with Crippen molar-refractivity contribution >= 4 is 17.2 Å². The third-order valence-corrected chi connectivity index (χ3v) is 4.30.